The number of cyclic esters (lactones) is 1. The van der Waals surface area contributed by atoms with Gasteiger partial charge >= 0.3 is 5.97 Å². The Hall–Kier alpha value is -3.30. The van der Waals surface area contributed by atoms with Crippen molar-refractivity contribution in [3.8, 4) is 22.6 Å². The number of rotatable bonds is 1. The van der Waals surface area contributed by atoms with Gasteiger partial charge in [0, 0.05) is 5.56 Å². The molecule has 1 aliphatic heterocycles. The molecule has 0 saturated heterocycles. The van der Waals surface area contributed by atoms with Crippen LogP contribution in [-0.4, -0.2) is 34.7 Å². The van der Waals surface area contributed by atoms with Crippen molar-refractivity contribution in [2.24, 2.45) is 0 Å². The summed E-state index contributed by atoms with van der Waals surface area (Å²) in [6.45, 7) is -0.0709. The van der Waals surface area contributed by atoms with Gasteiger partial charge in [-0.25, -0.2) is 17.6 Å². The van der Waals surface area contributed by atoms with Crippen molar-refractivity contribution >= 4 is 33.3 Å². The number of carbonyl (C=O) groups excluding carboxylic acids is 1. The second-order valence-corrected chi connectivity index (χ2v) is 8.82. The first-order chi connectivity index (χ1) is 15.3. The minimum absolute atomic E-state index is 0.0151. The monoisotopic (exact) mass is 477 g/mol. The van der Waals surface area contributed by atoms with E-state index in [0.717, 1.165) is 12.1 Å². The number of sulfonamides is 1. The fraction of sp³-hybridized carbons (Fsp3) is 0.136. The summed E-state index contributed by atoms with van der Waals surface area (Å²) in [5.41, 5.74) is 0.545. The average molecular weight is 478 g/mol. The lowest BCUT2D eigenvalue weighted by Crippen LogP contribution is -2.17. The Labute approximate surface area is 188 Å². The van der Waals surface area contributed by atoms with Gasteiger partial charge in [0.2, 0.25) is 0 Å². The molecule has 0 aromatic heterocycles. The third-order valence-electron chi connectivity index (χ3n) is 4.74. The first kappa shape index (κ1) is 21.9. The molecule has 3 aromatic carbocycles. The highest BCUT2D eigenvalue weighted by atomic mass is 35.5. The quantitative estimate of drug-likeness (QED) is 0.519. The minimum Gasteiger partial charge on any atom is -0.495 e. The fourth-order valence-corrected chi connectivity index (χ4v) is 4.78. The van der Waals surface area contributed by atoms with E-state index < -0.39 is 21.8 Å². The number of halogens is 2. The molecular formula is C22H17ClFNO6S. The molecule has 0 fully saturated rings. The lowest BCUT2D eigenvalue weighted by molar-refractivity contribution is 0.0450. The van der Waals surface area contributed by atoms with Gasteiger partial charge in [0.15, 0.2) is 0 Å². The predicted octanol–water partition coefficient (Wildman–Crippen LogP) is 4.50. The van der Waals surface area contributed by atoms with Crippen LogP contribution in [0.2, 0.25) is 5.02 Å². The Kier molecular flexibility index (Phi) is 5.94. The van der Waals surface area contributed by atoms with Gasteiger partial charge in [-0.3, -0.25) is 4.72 Å². The van der Waals surface area contributed by atoms with Crippen LogP contribution >= 0.6 is 11.6 Å². The van der Waals surface area contributed by atoms with Gasteiger partial charge in [0.1, 0.15) is 35.4 Å². The van der Waals surface area contributed by atoms with E-state index in [4.69, 9.17) is 25.8 Å². The van der Waals surface area contributed by atoms with Crippen LogP contribution in [0, 0.1) is 5.82 Å². The fourth-order valence-electron chi connectivity index (χ4n) is 3.25. The van der Waals surface area contributed by atoms with E-state index in [1.54, 1.807) is 18.2 Å². The minimum atomic E-state index is -4.34. The standard InChI is InChI=1S/C22H17ClFNO6S/c1-29-18-8-6-14-12-20(18)32(27,28)25-17-11-13(5-7-16(17)24)21-15(23)3-2-4-19(21)30-9-10-31-22(14)26/h2-8,11-12,25H,9-10H2,1H3. The molecule has 1 N–H and O–H groups in total. The van der Waals surface area contributed by atoms with Gasteiger partial charge in [0.25, 0.3) is 10.0 Å². The van der Waals surface area contributed by atoms with Crippen LogP contribution in [0.1, 0.15) is 10.4 Å². The van der Waals surface area contributed by atoms with Crippen LogP contribution in [0.3, 0.4) is 0 Å². The van der Waals surface area contributed by atoms with Gasteiger partial charge in [0.05, 0.1) is 23.4 Å². The molecule has 3 aromatic rings. The summed E-state index contributed by atoms with van der Waals surface area (Å²) in [5.74, 6) is -1.20. The maximum Gasteiger partial charge on any atom is 0.338 e. The van der Waals surface area contributed by atoms with E-state index in [1.807, 2.05) is 0 Å². The Morgan fingerprint density at radius 1 is 1.03 bits per heavy atom. The summed E-state index contributed by atoms with van der Waals surface area (Å²) in [4.78, 5) is 12.1. The molecule has 0 unspecified atom stereocenters. The molecule has 0 spiro atoms. The molecule has 1 aliphatic rings. The zero-order valence-corrected chi connectivity index (χ0v) is 18.3. The van der Waals surface area contributed by atoms with Crippen molar-refractivity contribution in [1.29, 1.82) is 0 Å². The molecule has 4 bridgehead atoms. The molecule has 0 saturated carbocycles. The maximum atomic E-state index is 14.6. The van der Waals surface area contributed by atoms with Crippen LogP contribution in [-0.2, 0) is 14.8 Å². The van der Waals surface area contributed by atoms with Gasteiger partial charge in [-0.1, -0.05) is 23.7 Å². The van der Waals surface area contributed by atoms with E-state index in [-0.39, 0.29) is 35.1 Å². The highest BCUT2D eigenvalue weighted by Crippen LogP contribution is 2.38. The maximum absolute atomic E-state index is 14.6. The Balaban J connectivity index is 1.91. The van der Waals surface area contributed by atoms with Crippen molar-refractivity contribution in [1.82, 2.24) is 0 Å². The predicted molar refractivity (Wildman–Crippen MR) is 116 cm³/mol. The van der Waals surface area contributed by atoms with Gasteiger partial charge in [-0.15, -0.1) is 0 Å². The molecule has 10 heteroatoms. The number of ether oxygens (including phenoxy) is 3. The number of esters is 1. The topological polar surface area (TPSA) is 90.9 Å². The summed E-state index contributed by atoms with van der Waals surface area (Å²) in [7, 11) is -3.06. The largest absolute Gasteiger partial charge is 0.495 e. The van der Waals surface area contributed by atoms with Crippen molar-refractivity contribution in [2.75, 3.05) is 25.0 Å². The summed E-state index contributed by atoms with van der Waals surface area (Å²) in [6.07, 6.45) is 0. The lowest BCUT2D eigenvalue weighted by atomic mass is 10.0. The van der Waals surface area contributed by atoms with E-state index in [0.29, 0.717) is 21.9 Å². The summed E-state index contributed by atoms with van der Waals surface area (Å²) in [5, 5.41) is 0.317. The Morgan fingerprint density at radius 2 is 1.78 bits per heavy atom. The van der Waals surface area contributed by atoms with Crippen molar-refractivity contribution in [2.45, 2.75) is 4.90 Å². The van der Waals surface area contributed by atoms with Crippen LogP contribution in [0.4, 0.5) is 10.1 Å². The van der Waals surface area contributed by atoms with E-state index in [9.17, 15) is 17.6 Å². The number of methoxy groups -OCH3 is 1. The number of fused-ring (bicyclic) bond motifs is 6. The second kappa shape index (κ2) is 8.68. The van der Waals surface area contributed by atoms with Crippen LogP contribution in [0.15, 0.2) is 59.5 Å². The molecule has 7 nitrogen and oxygen atoms in total. The molecule has 0 atom stereocenters. The van der Waals surface area contributed by atoms with Crippen molar-refractivity contribution in [3.05, 3.63) is 71.0 Å². The highest BCUT2D eigenvalue weighted by molar-refractivity contribution is 7.92. The number of hydrogen-bond acceptors (Lipinski definition) is 6. The van der Waals surface area contributed by atoms with E-state index in [2.05, 4.69) is 4.72 Å². The van der Waals surface area contributed by atoms with Gasteiger partial charge < -0.3 is 14.2 Å². The third kappa shape index (κ3) is 4.21. The normalized spacial score (nSPS) is 15.2. The molecule has 166 valence electrons. The molecule has 1 heterocycles. The van der Waals surface area contributed by atoms with E-state index in [1.165, 1.54) is 31.4 Å². The summed E-state index contributed by atoms with van der Waals surface area (Å²) in [6, 6.07) is 12.7. The summed E-state index contributed by atoms with van der Waals surface area (Å²) < 4.78 is 59.1. The first-order valence-corrected chi connectivity index (χ1v) is 11.3. The highest BCUT2D eigenvalue weighted by Gasteiger charge is 2.24. The molecular weight excluding hydrogens is 461 g/mol. The number of hydrogen-bond donors (Lipinski definition) is 1. The number of anilines is 1. The molecule has 32 heavy (non-hydrogen) atoms. The smallest absolute Gasteiger partial charge is 0.338 e. The summed E-state index contributed by atoms with van der Waals surface area (Å²) >= 11 is 6.36. The number of nitrogens with one attached hydrogen (secondary N) is 1. The Bertz CT molecular complexity index is 1310. The second-order valence-electron chi connectivity index (χ2n) is 6.76. The average Bonchev–Trinajstić information content (AvgIpc) is 2.77. The van der Waals surface area contributed by atoms with E-state index >= 15 is 0 Å². The Morgan fingerprint density at radius 3 is 2.56 bits per heavy atom. The number of carbonyl (C=O) groups is 1. The van der Waals surface area contributed by atoms with Gasteiger partial charge in [-0.2, -0.15) is 0 Å². The van der Waals surface area contributed by atoms with Crippen LogP contribution in [0.5, 0.6) is 11.5 Å². The molecule has 0 radical (unpaired) electrons. The molecule has 0 amide bonds. The number of benzene rings is 3. The van der Waals surface area contributed by atoms with Gasteiger partial charge in [-0.05, 0) is 48.0 Å². The zero-order valence-electron chi connectivity index (χ0n) is 16.7. The van der Waals surface area contributed by atoms with Crippen LogP contribution in [0.25, 0.3) is 11.1 Å². The molecule has 4 rings (SSSR count). The molecule has 0 aliphatic carbocycles. The SMILES string of the molecule is COc1ccc2cc1S(=O)(=O)Nc1cc(ccc1F)-c1c(Cl)cccc1OCCOC2=O. The zero-order chi connectivity index (χ0) is 22.9. The van der Waals surface area contributed by atoms with Crippen LogP contribution < -0.4 is 14.2 Å². The third-order valence-corrected chi connectivity index (χ3v) is 6.44. The van der Waals surface area contributed by atoms with Crippen molar-refractivity contribution < 1.29 is 31.8 Å². The van der Waals surface area contributed by atoms with Crippen molar-refractivity contribution in [3.63, 3.8) is 0 Å². The lowest BCUT2D eigenvalue weighted by Gasteiger charge is -2.15. The first-order valence-electron chi connectivity index (χ1n) is 9.39.